The highest BCUT2D eigenvalue weighted by molar-refractivity contribution is 6.01. The molecule has 0 bridgehead atoms. The summed E-state index contributed by atoms with van der Waals surface area (Å²) >= 11 is 0. The molecule has 30 heavy (non-hydrogen) atoms. The minimum absolute atomic E-state index is 0.366. The van der Waals surface area contributed by atoms with Crippen LogP contribution in [-0.2, 0) is 4.79 Å². The summed E-state index contributed by atoms with van der Waals surface area (Å²) in [6, 6.07) is 30.1. The number of hydrogen-bond acceptors (Lipinski definition) is 4. The molecule has 3 rings (SSSR count). The van der Waals surface area contributed by atoms with E-state index in [9.17, 15) is 20.1 Å². The van der Waals surface area contributed by atoms with Gasteiger partial charge in [-0.25, -0.2) is 0 Å². The molecule has 0 aliphatic carbocycles. The highest BCUT2D eigenvalue weighted by Crippen LogP contribution is 2.35. The normalized spacial score (nSPS) is 13.1. The number of benzene rings is 3. The second-order valence-electron chi connectivity index (χ2n) is 6.74. The number of ketones is 1. The third-order valence-electron chi connectivity index (χ3n) is 4.85. The van der Waals surface area contributed by atoms with Crippen LogP contribution in [0.2, 0.25) is 0 Å². The quantitative estimate of drug-likeness (QED) is 0.595. The number of rotatable bonds is 7. The molecule has 0 radical (unpaired) electrons. The van der Waals surface area contributed by atoms with Gasteiger partial charge in [-0.3, -0.25) is 9.59 Å². The molecule has 3 aromatic rings. The molecule has 5 heteroatoms. The largest absolute Gasteiger partial charge is 0.325 e. The Hall–Kier alpha value is -4.22. The number of para-hydroxylation sites is 1. The molecule has 0 aliphatic heterocycles. The lowest BCUT2D eigenvalue weighted by Gasteiger charge is -2.25. The molecule has 0 saturated heterocycles. The maximum absolute atomic E-state index is 13.1. The lowest BCUT2D eigenvalue weighted by Crippen LogP contribution is -2.34. The van der Waals surface area contributed by atoms with Crippen LogP contribution in [0.1, 0.15) is 21.8 Å². The highest BCUT2D eigenvalue weighted by Gasteiger charge is 2.40. The third-order valence-corrected chi connectivity index (χ3v) is 4.85. The van der Waals surface area contributed by atoms with Crippen molar-refractivity contribution in [2.24, 2.45) is 11.8 Å². The van der Waals surface area contributed by atoms with Crippen LogP contribution in [0.4, 0.5) is 5.69 Å². The number of Topliss-reactive ketones (excluding diaryl/α,β-unsaturated/α-hetero) is 1. The van der Waals surface area contributed by atoms with Gasteiger partial charge in [-0.05, 0) is 17.7 Å². The van der Waals surface area contributed by atoms with Gasteiger partial charge in [0.15, 0.2) is 5.78 Å². The monoisotopic (exact) mass is 393 g/mol. The summed E-state index contributed by atoms with van der Waals surface area (Å²) < 4.78 is 0. The first-order valence-electron chi connectivity index (χ1n) is 9.45. The van der Waals surface area contributed by atoms with E-state index in [1.54, 1.807) is 84.9 Å². The lowest BCUT2D eigenvalue weighted by molar-refractivity contribution is -0.119. The summed E-state index contributed by atoms with van der Waals surface area (Å²) in [7, 11) is 0. The Labute approximate surface area is 175 Å². The van der Waals surface area contributed by atoms with Gasteiger partial charge in [0.05, 0.1) is 12.1 Å². The first-order valence-corrected chi connectivity index (χ1v) is 9.45. The molecule has 0 aromatic heterocycles. The lowest BCUT2D eigenvalue weighted by atomic mass is 9.74. The second kappa shape index (κ2) is 9.82. The summed E-state index contributed by atoms with van der Waals surface area (Å²) in [6.45, 7) is 0. The molecule has 3 unspecified atom stereocenters. The number of hydrogen-bond donors (Lipinski definition) is 1. The number of amides is 1. The van der Waals surface area contributed by atoms with Crippen LogP contribution in [0.15, 0.2) is 91.0 Å². The van der Waals surface area contributed by atoms with Gasteiger partial charge in [0.25, 0.3) is 0 Å². The van der Waals surface area contributed by atoms with Gasteiger partial charge in [-0.1, -0.05) is 78.9 Å². The van der Waals surface area contributed by atoms with Crippen LogP contribution in [0.3, 0.4) is 0 Å². The fraction of sp³-hybridized carbons (Fsp3) is 0.120. The van der Waals surface area contributed by atoms with Crippen molar-refractivity contribution in [2.45, 2.75) is 5.92 Å². The van der Waals surface area contributed by atoms with Crippen molar-refractivity contribution < 1.29 is 9.59 Å². The molecule has 0 fully saturated rings. The predicted molar refractivity (Wildman–Crippen MR) is 113 cm³/mol. The minimum atomic E-state index is -1.23. The first-order chi connectivity index (χ1) is 14.7. The van der Waals surface area contributed by atoms with Gasteiger partial charge in [-0.15, -0.1) is 0 Å². The predicted octanol–water partition coefficient (Wildman–Crippen LogP) is 4.57. The van der Waals surface area contributed by atoms with Crippen molar-refractivity contribution in [1.82, 2.24) is 0 Å². The summed E-state index contributed by atoms with van der Waals surface area (Å²) in [5.41, 5.74) is 1.49. The second-order valence-corrected chi connectivity index (χ2v) is 6.74. The Morgan fingerprint density at radius 3 is 1.73 bits per heavy atom. The fourth-order valence-electron chi connectivity index (χ4n) is 3.38. The summed E-state index contributed by atoms with van der Waals surface area (Å²) in [5, 5.41) is 22.5. The number of carbonyl (C=O) groups excluding carboxylic acids is 2. The van der Waals surface area contributed by atoms with Crippen LogP contribution in [-0.4, -0.2) is 11.7 Å². The van der Waals surface area contributed by atoms with Crippen molar-refractivity contribution in [3.8, 4) is 12.1 Å². The Balaban J connectivity index is 2.01. The SMILES string of the molecule is N#CC(C(=O)Nc1ccccc1)C(c1ccccc1)C(C#N)C(=O)c1ccccc1. The van der Waals surface area contributed by atoms with Crippen molar-refractivity contribution >= 4 is 17.4 Å². The number of nitriles is 2. The summed E-state index contributed by atoms with van der Waals surface area (Å²) in [4.78, 5) is 26.1. The molecular weight excluding hydrogens is 374 g/mol. The smallest absolute Gasteiger partial charge is 0.242 e. The zero-order chi connectivity index (χ0) is 21.3. The zero-order valence-electron chi connectivity index (χ0n) is 16.1. The van der Waals surface area contributed by atoms with E-state index in [0.717, 1.165) is 0 Å². The van der Waals surface area contributed by atoms with Crippen molar-refractivity contribution in [1.29, 1.82) is 10.5 Å². The van der Waals surface area contributed by atoms with Crippen molar-refractivity contribution in [3.05, 3.63) is 102 Å². The van der Waals surface area contributed by atoms with E-state index in [1.807, 2.05) is 12.1 Å². The van der Waals surface area contributed by atoms with Crippen LogP contribution < -0.4 is 5.32 Å². The summed E-state index contributed by atoms with van der Waals surface area (Å²) in [5.74, 6) is -4.32. The van der Waals surface area contributed by atoms with Crippen LogP contribution in [0.5, 0.6) is 0 Å². The molecule has 3 atom stereocenters. The number of anilines is 1. The molecule has 0 heterocycles. The third kappa shape index (κ3) is 4.60. The van der Waals surface area contributed by atoms with Gasteiger partial charge >= 0.3 is 0 Å². The molecule has 1 N–H and O–H groups in total. The fourth-order valence-corrected chi connectivity index (χ4v) is 3.38. The topological polar surface area (TPSA) is 93.8 Å². The van der Waals surface area contributed by atoms with Crippen LogP contribution >= 0.6 is 0 Å². The maximum Gasteiger partial charge on any atom is 0.242 e. The highest BCUT2D eigenvalue weighted by atomic mass is 16.2. The van der Waals surface area contributed by atoms with Gasteiger partial charge in [0.2, 0.25) is 5.91 Å². The number of nitrogens with one attached hydrogen (secondary N) is 1. The average molecular weight is 393 g/mol. The van der Waals surface area contributed by atoms with Gasteiger partial charge in [-0.2, -0.15) is 10.5 Å². The van der Waals surface area contributed by atoms with Gasteiger partial charge < -0.3 is 5.32 Å². The van der Waals surface area contributed by atoms with Crippen LogP contribution in [0, 0.1) is 34.5 Å². The Morgan fingerprint density at radius 2 is 1.20 bits per heavy atom. The van der Waals surface area contributed by atoms with E-state index in [1.165, 1.54) is 0 Å². The Bertz CT molecular complexity index is 1080. The Kier molecular flexibility index (Phi) is 6.71. The molecule has 1 amide bonds. The zero-order valence-corrected chi connectivity index (χ0v) is 16.1. The van der Waals surface area contributed by atoms with E-state index in [0.29, 0.717) is 16.8 Å². The van der Waals surface area contributed by atoms with Crippen LogP contribution in [0.25, 0.3) is 0 Å². The Morgan fingerprint density at radius 1 is 0.700 bits per heavy atom. The van der Waals surface area contributed by atoms with E-state index in [-0.39, 0.29) is 0 Å². The van der Waals surface area contributed by atoms with E-state index < -0.39 is 29.4 Å². The van der Waals surface area contributed by atoms with E-state index in [4.69, 9.17) is 0 Å². The van der Waals surface area contributed by atoms with Gasteiger partial charge in [0, 0.05) is 17.2 Å². The minimum Gasteiger partial charge on any atom is -0.325 e. The molecule has 0 spiro atoms. The van der Waals surface area contributed by atoms with E-state index >= 15 is 0 Å². The standard InChI is InChI=1S/C25H19N3O2/c26-16-21(24(29)19-12-6-2-7-13-19)23(18-10-4-1-5-11-18)22(17-27)25(30)28-20-14-8-3-9-15-20/h1-15,21-23H,(H,28,30). The molecule has 5 nitrogen and oxygen atoms in total. The molecule has 0 aliphatic rings. The average Bonchev–Trinajstić information content (AvgIpc) is 2.80. The summed E-state index contributed by atoms with van der Waals surface area (Å²) in [6.07, 6.45) is 0. The maximum atomic E-state index is 13.1. The van der Waals surface area contributed by atoms with Crippen molar-refractivity contribution in [3.63, 3.8) is 0 Å². The van der Waals surface area contributed by atoms with E-state index in [2.05, 4.69) is 11.4 Å². The molecule has 3 aromatic carbocycles. The molecular formula is C25H19N3O2. The molecule has 0 saturated carbocycles. The van der Waals surface area contributed by atoms with Crippen molar-refractivity contribution in [2.75, 3.05) is 5.32 Å². The number of carbonyl (C=O) groups is 2. The first kappa shape index (κ1) is 20.5. The van der Waals surface area contributed by atoms with Gasteiger partial charge in [0.1, 0.15) is 11.8 Å². The molecule has 146 valence electrons. The number of nitrogens with zero attached hydrogens (tertiary/aromatic N) is 2.